The third-order valence-corrected chi connectivity index (χ3v) is 3.95. The van der Waals surface area contributed by atoms with Crippen molar-refractivity contribution in [2.45, 2.75) is 20.4 Å². The minimum atomic E-state index is -3.22. The molecule has 0 spiro atoms. The van der Waals surface area contributed by atoms with Gasteiger partial charge in [-0.05, 0) is 13.8 Å². The molecule has 18 heavy (non-hydrogen) atoms. The van der Waals surface area contributed by atoms with E-state index in [1.165, 1.54) is 17.6 Å². The topological polar surface area (TPSA) is 67.6 Å². The Hall–Kier alpha value is -1.47. The molecule has 2 aromatic heterocycles. The average molecular weight is 268 g/mol. The van der Waals surface area contributed by atoms with Gasteiger partial charge >= 0.3 is 0 Å². The van der Waals surface area contributed by atoms with Gasteiger partial charge in [-0.25, -0.2) is 13.4 Å². The van der Waals surface area contributed by atoms with Gasteiger partial charge in [0.05, 0.1) is 29.9 Å². The Kier molecular flexibility index (Phi) is 3.12. The monoisotopic (exact) mass is 268 g/mol. The Morgan fingerprint density at radius 2 is 1.78 bits per heavy atom. The van der Waals surface area contributed by atoms with E-state index >= 15 is 0 Å². The lowest BCUT2D eigenvalue weighted by Crippen LogP contribution is -2.25. The lowest BCUT2D eigenvalue weighted by molar-refractivity contribution is 0.467. The highest BCUT2D eigenvalue weighted by atomic mass is 32.2. The van der Waals surface area contributed by atoms with Crippen LogP contribution in [0, 0.1) is 13.8 Å². The summed E-state index contributed by atoms with van der Waals surface area (Å²) in [7, 11) is -1.69. The van der Waals surface area contributed by atoms with Crippen molar-refractivity contribution in [3.05, 3.63) is 29.5 Å². The Bertz CT molecular complexity index is 690. The molecule has 0 saturated heterocycles. The number of rotatable bonds is 3. The summed E-state index contributed by atoms with van der Waals surface area (Å²) in [5, 5.41) is 0. The first-order chi connectivity index (χ1) is 8.27. The fraction of sp³-hybridized carbons (Fsp3) is 0.455. The predicted octanol–water partition coefficient (Wildman–Crippen LogP) is 0.738. The van der Waals surface area contributed by atoms with Gasteiger partial charge in [-0.2, -0.15) is 4.31 Å². The van der Waals surface area contributed by atoms with E-state index in [0.29, 0.717) is 11.3 Å². The summed E-state index contributed by atoms with van der Waals surface area (Å²) in [6, 6.07) is 0. The van der Waals surface area contributed by atoms with Crippen LogP contribution in [-0.2, 0) is 16.6 Å². The molecule has 7 heteroatoms. The third-order valence-electron chi connectivity index (χ3n) is 2.69. The van der Waals surface area contributed by atoms with Crippen LogP contribution in [0.2, 0.25) is 0 Å². The second-order valence-corrected chi connectivity index (χ2v) is 6.55. The predicted molar refractivity (Wildman–Crippen MR) is 68.8 cm³/mol. The molecular weight excluding hydrogens is 252 g/mol. The van der Waals surface area contributed by atoms with E-state index in [4.69, 9.17) is 0 Å². The van der Waals surface area contributed by atoms with Gasteiger partial charge in [-0.1, -0.05) is 0 Å². The Morgan fingerprint density at radius 1 is 1.22 bits per heavy atom. The summed E-state index contributed by atoms with van der Waals surface area (Å²) >= 11 is 0. The minimum Gasteiger partial charge on any atom is -0.303 e. The van der Waals surface area contributed by atoms with Crippen molar-refractivity contribution < 1.29 is 8.42 Å². The van der Waals surface area contributed by atoms with Crippen molar-refractivity contribution in [1.29, 1.82) is 0 Å². The number of fused-ring (bicyclic) bond motifs is 1. The van der Waals surface area contributed by atoms with Crippen LogP contribution < -0.4 is 0 Å². The molecule has 2 rings (SSSR count). The number of hydrogen-bond donors (Lipinski definition) is 0. The van der Waals surface area contributed by atoms with E-state index in [0.717, 1.165) is 11.4 Å². The number of aryl methyl sites for hydroxylation is 2. The van der Waals surface area contributed by atoms with Crippen molar-refractivity contribution in [2.24, 2.45) is 0 Å². The maximum Gasteiger partial charge on any atom is 0.211 e. The first-order valence-electron chi connectivity index (χ1n) is 5.50. The van der Waals surface area contributed by atoms with Crippen LogP contribution in [0.3, 0.4) is 0 Å². The van der Waals surface area contributed by atoms with E-state index in [-0.39, 0.29) is 6.54 Å². The molecule has 0 atom stereocenters. The van der Waals surface area contributed by atoms with E-state index < -0.39 is 10.0 Å². The van der Waals surface area contributed by atoms with Crippen molar-refractivity contribution in [3.63, 3.8) is 0 Å². The van der Waals surface area contributed by atoms with Crippen LogP contribution in [0.1, 0.15) is 17.1 Å². The van der Waals surface area contributed by atoms with Gasteiger partial charge in [-0.3, -0.25) is 4.98 Å². The molecule has 0 aliphatic carbocycles. The molecule has 2 aromatic rings. The lowest BCUT2D eigenvalue weighted by atomic mass is 10.4. The van der Waals surface area contributed by atoms with Crippen molar-refractivity contribution in [3.8, 4) is 0 Å². The second-order valence-electron chi connectivity index (χ2n) is 4.46. The van der Waals surface area contributed by atoms with Gasteiger partial charge < -0.3 is 4.40 Å². The zero-order valence-corrected chi connectivity index (χ0v) is 11.7. The van der Waals surface area contributed by atoms with E-state index in [9.17, 15) is 8.42 Å². The maximum atomic E-state index is 11.4. The first kappa shape index (κ1) is 13.0. The van der Waals surface area contributed by atoms with Crippen molar-refractivity contribution in [2.75, 3.05) is 13.3 Å². The van der Waals surface area contributed by atoms with E-state index in [1.54, 1.807) is 0 Å². The summed E-state index contributed by atoms with van der Waals surface area (Å²) in [5.41, 5.74) is 3.08. The van der Waals surface area contributed by atoms with Crippen molar-refractivity contribution >= 4 is 15.7 Å². The molecule has 0 N–H and O–H groups in total. The number of hydrogen-bond acceptors (Lipinski definition) is 4. The Labute approximate surface area is 106 Å². The normalized spacial score (nSPS) is 12.5. The highest BCUT2D eigenvalue weighted by Crippen LogP contribution is 2.13. The van der Waals surface area contributed by atoms with Crippen LogP contribution in [0.5, 0.6) is 0 Å². The molecule has 0 aromatic carbocycles. The lowest BCUT2D eigenvalue weighted by Gasteiger charge is -2.14. The zero-order valence-electron chi connectivity index (χ0n) is 10.9. The zero-order chi connectivity index (χ0) is 13.5. The van der Waals surface area contributed by atoms with Crippen LogP contribution in [-0.4, -0.2) is 40.4 Å². The molecule has 98 valence electrons. The summed E-state index contributed by atoms with van der Waals surface area (Å²) in [6.07, 6.45) is 4.95. The van der Waals surface area contributed by atoms with Crippen LogP contribution in [0.4, 0.5) is 0 Å². The number of nitrogens with zero attached hydrogens (tertiary/aromatic N) is 4. The molecule has 0 amide bonds. The quantitative estimate of drug-likeness (QED) is 0.823. The van der Waals surface area contributed by atoms with Crippen LogP contribution in [0.15, 0.2) is 12.4 Å². The van der Waals surface area contributed by atoms with Crippen LogP contribution >= 0.6 is 0 Å². The van der Waals surface area contributed by atoms with Gasteiger partial charge in [0.25, 0.3) is 0 Å². The molecule has 2 heterocycles. The molecule has 0 fully saturated rings. The summed E-state index contributed by atoms with van der Waals surface area (Å²) in [5.74, 6) is 0. The Morgan fingerprint density at radius 3 is 2.33 bits per heavy atom. The number of imidazole rings is 1. The van der Waals surface area contributed by atoms with Gasteiger partial charge in [0.15, 0.2) is 5.65 Å². The number of sulfonamides is 1. The maximum absolute atomic E-state index is 11.4. The largest absolute Gasteiger partial charge is 0.303 e. The average Bonchev–Trinajstić information content (AvgIpc) is 2.56. The van der Waals surface area contributed by atoms with E-state index in [2.05, 4.69) is 9.97 Å². The summed E-state index contributed by atoms with van der Waals surface area (Å²) < 4.78 is 26.0. The molecule has 0 unspecified atom stereocenters. The standard InChI is InChI=1S/C11H16N4O2S/c1-8-5-15-6-9(2)13-11(15)10(12-8)7-14(3)18(4,16)17/h5-6H,7H2,1-4H3. The minimum absolute atomic E-state index is 0.223. The molecule has 0 bridgehead atoms. The van der Waals surface area contributed by atoms with Gasteiger partial charge in [0.1, 0.15) is 0 Å². The second kappa shape index (κ2) is 4.33. The van der Waals surface area contributed by atoms with Gasteiger partial charge in [0.2, 0.25) is 10.0 Å². The molecule has 0 aliphatic rings. The Balaban J connectivity index is 2.50. The molecule has 6 nitrogen and oxygen atoms in total. The summed E-state index contributed by atoms with van der Waals surface area (Å²) in [4.78, 5) is 8.75. The molecule has 0 saturated carbocycles. The molecule has 0 aliphatic heterocycles. The number of aromatic nitrogens is 3. The fourth-order valence-corrected chi connectivity index (χ4v) is 2.11. The van der Waals surface area contributed by atoms with Gasteiger partial charge in [0, 0.05) is 19.4 Å². The SMILES string of the molecule is Cc1cn2cc(C)nc2c(CN(C)S(C)(=O)=O)n1. The van der Waals surface area contributed by atoms with Gasteiger partial charge in [-0.15, -0.1) is 0 Å². The molecular formula is C11H16N4O2S. The third kappa shape index (κ3) is 2.51. The fourth-order valence-electron chi connectivity index (χ4n) is 1.76. The highest BCUT2D eigenvalue weighted by Gasteiger charge is 2.15. The van der Waals surface area contributed by atoms with Crippen LogP contribution in [0.25, 0.3) is 5.65 Å². The van der Waals surface area contributed by atoms with Crippen molar-refractivity contribution in [1.82, 2.24) is 18.7 Å². The highest BCUT2D eigenvalue weighted by molar-refractivity contribution is 7.88. The molecule has 0 radical (unpaired) electrons. The first-order valence-corrected chi connectivity index (χ1v) is 7.35. The van der Waals surface area contributed by atoms with E-state index in [1.807, 2.05) is 30.6 Å². The smallest absolute Gasteiger partial charge is 0.211 e. The summed E-state index contributed by atoms with van der Waals surface area (Å²) in [6.45, 7) is 3.99.